The Morgan fingerprint density at radius 2 is 1.86 bits per heavy atom. The Balaban J connectivity index is 1.65. The van der Waals surface area contributed by atoms with E-state index < -0.39 is 0 Å². The fourth-order valence-electron chi connectivity index (χ4n) is 3.31. The molecule has 1 amide bonds. The number of carbonyl (C=O) groups is 1. The monoisotopic (exact) mass is 392 g/mol. The summed E-state index contributed by atoms with van der Waals surface area (Å²) in [6, 6.07) is 8.26. The first-order chi connectivity index (χ1) is 13.9. The van der Waals surface area contributed by atoms with E-state index in [0.717, 1.165) is 46.9 Å². The molecule has 4 rings (SSSR count). The standard InChI is InChI=1S/C22H28N6O/c1-13(2)19-25-20(23-11-12-24-22(29)16-7-8-16)18-15(4)27-28(21(18)26-19)17-9-5-14(3)6-10-17/h5-6,9-10,13,16H,7-8,11-12H2,1-4H3,(H,24,29)(H,23,25,26). The molecule has 0 radical (unpaired) electrons. The largest absolute Gasteiger partial charge is 0.368 e. The number of benzene rings is 1. The highest BCUT2D eigenvalue weighted by molar-refractivity contribution is 5.90. The van der Waals surface area contributed by atoms with Crippen LogP contribution in [0.1, 0.15) is 49.7 Å². The maximum atomic E-state index is 11.8. The summed E-state index contributed by atoms with van der Waals surface area (Å²) >= 11 is 0. The molecule has 0 saturated heterocycles. The van der Waals surface area contributed by atoms with Crippen molar-refractivity contribution in [3.05, 3.63) is 41.3 Å². The van der Waals surface area contributed by atoms with E-state index in [9.17, 15) is 4.79 Å². The van der Waals surface area contributed by atoms with Crippen LogP contribution in [-0.4, -0.2) is 38.7 Å². The zero-order valence-corrected chi connectivity index (χ0v) is 17.5. The van der Waals surface area contributed by atoms with E-state index in [2.05, 4.69) is 55.7 Å². The molecule has 2 aromatic heterocycles. The Kier molecular flexibility index (Phi) is 5.22. The Bertz CT molecular complexity index is 1030. The van der Waals surface area contributed by atoms with E-state index in [1.54, 1.807) is 0 Å². The van der Waals surface area contributed by atoms with Crippen molar-refractivity contribution in [1.82, 2.24) is 25.1 Å². The molecule has 0 aliphatic heterocycles. The van der Waals surface area contributed by atoms with Crippen LogP contribution in [0.25, 0.3) is 16.7 Å². The summed E-state index contributed by atoms with van der Waals surface area (Å²) in [6.45, 7) is 9.39. The molecule has 7 heteroatoms. The van der Waals surface area contributed by atoms with Crippen LogP contribution in [0.5, 0.6) is 0 Å². The van der Waals surface area contributed by atoms with E-state index in [-0.39, 0.29) is 17.7 Å². The molecule has 0 spiro atoms. The van der Waals surface area contributed by atoms with E-state index in [0.29, 0.717) is 13.1 Å². The highest BCUT2D eigenvalue weighted by atomic mass is 16.2. The van der Waals surface area contributed by atoms with Gasteiger partial charge in [0, 0.05) is 24.9 Å². The van der Waals surface area contributed by atoms with Crippen LogP contribution in [-0.2, 0) is 4.79 Å². The SMILES string of the molecule is Cc1ccc(-n2nc(C)c3c(NCCNC(=O)C4CC4)nc(C(C)C)nc32)cc1. The fourth-order valence-corrected chi connectivity index (χ4v) is 3.31. The smallest absolute Gasteiger partial charge is 0.223 e. The Labute approximate surface area is 170 Å². The molecule has 0 bridgehead atoms. The van der Waals surface area contributed by atoms with E-state index in [1.165, 1.54) is 5.56 Å². The lowest BCUT2D eigenvalue weighted by Crippen LogP contribution is -2.30. The minimum Gasteiger partial charge on any atom is -0.368 e. The molecule has 29 heavy (non-hydrogen) atoms. The van der Waals surface area contributed by atoms with Gasteiger partial charge in [0.2, 0.25) is 5.91 Å². The van der Waals surface area contributed by atoms with Gasteiger partial charge in [-0.15, -0.1) is 0 Å². The van der Waals surface area contributed by atoms with Crippen molar-refractivity contribution in [3.8, 4) is 5.69 Å². The quantitative estimate of drug-likeness (QED) is 0.601. The second-order valence-electron chi connectivity index (χ2n) is 8.11. The van der Waals surface area contributed by atoms with Gasteiger partial charge in [-0.25, -0.2) is 14.6 Å². The van der Waals surface area contributed by atoms with Crippen molar-refractivity contribution in [2.24, 2.45) is 5.92 Å². The van der Waals surface area contributed by atoms with Gasteiger partial charge in [0.25, 0.3) is 0 Å². The maximum absolute atomic E-state index is 11.8. The van der Waals surface area contributed by atoms with Crippen LogP contribution in [0.4, 0.5) is 5.82 Å². The van der Waals surface area contributed by atoms with Crippen molar-refractivity contribution in [2.75, 3.05) is 18.4 Å². The number of amides is 1. The normalized spacial score (nSPS) is 13.8. The van der Waals surface area contributed by atoms with Gasteiger partial charge in [-0.05, 0) is 38.8 Å². The molecule has 2 N–H and O–H groups in total. The molecule has 1 fully saturated rings. The third-order valence-corrected chi connectivity index (χ3v) is 5.18. The molecule has 3 aromatic rings. The molecule has 7 nitrogen and oxygen atoms in total. The average Bonchev–Trinajstić information content (AvgIpc) is 3.49. The molecule has 1 aliphatic carbocycles. The topological polar surface area (TPSA) is 84.7 Å². The fraction of sp³-hybridized carbons (Fsp3) is 0.455. The van der Waals surface area contributed by atoms with Gasteiger partial charge in [0.15, 0.2) is 5.65 Å². The molecule has 2 heterocycles. The van der Waals surface area contributed by atoms with Crippen LogP contribution < -0.4 is 10.6 Å². The van der Waals surface area contributed by atoms with Gasteiger partial charge in [-0.2, -0.15) is 5.10 Å². The highest BCUT2D eigenvalue weighted by Gasteiger charge is 2.29. The molecule has 1 aliphatic rings. The van der Waals surface area contributed by atoms with E-state index in [4.69, 9.17) is 15.1 Å². The number of rotatable bonds is 7. The third-order valence-electron chi connectivity index (χ3n) is 5.18. The number of hydrogen-bond donors (Lipinski definition) is 2. The highest BCUT2D eigenvalue weighted by Crippen LogP contribution is 2.29. The predicted octanol–water partition coefficient (Wildman–Crippen LogP) is 3.49. The molecule has 0 atom stereocenters. The zero-order chi connectivity index (χ0) is 20.5. The summed E-state index contributed by atoms with van der Waals surface area (Å²) in [5.74, 6) is 2.12. The number of carbonyl (C=O) groups excluding carboxylic acids is 1. The summed E-state index contributed by atoms with van der Waals surface area (Å²) in [5.41, 5.74) is 3.86. The minimum atomic E-state index is 0.158. The first-order valence-corrected chi connectivity index (χ1v) is 10.3. The van der Waals surface area contributed by atoms with Crippen LogP contribution in [0, 0.1) is 19.8 Å². The minimum absolute atomic E-state index is 0.158. The first-order valence-electron chi connectivity index (χ1n) is 10.3. The number of fused-ring (bicyclic) bond motifs is 1. The summed E-state index contributed by atoms with van der Waals surface area (Å²) in [6.07, 6.45) is 2.03. The lowest BCUT2D eigenvalue weighted by molar-refractivity contribution is -0.122. The molecule has 1 saturated carbocycles. The van der Waals surface area contributed by atoms with Crippen molar-refractivity contribution < 1.29 is 4.79 Å². The van der Waals surface area contributed by atoms with Gasteiger partial charge in [-0.1, -0.05) is 31.5 Å². The summed E-state index contributed by atoms with van der Waals surface area (Å²) in [7, 11) is 0. The van der Waals surface area contributed by atoms with E-state index >= 15 is 0 Å². The van der Waals surface area contributed by atoms with Gasteiger partial charge in [-0.3, -0.25) is 4.79 Å². The second kappa shape index (κ2) is 7.81. The molecular formula is C22H28N6O. The number of hydrogen-bond acceptors (Lipinski definition) is 5. The van der Waals surface area contributed by atoms with Gasteiger partial charge < -0.3 is 10.6 Å². The number of nitrogens with zero attached hydrogens (tertiary/aromatic N) is 4. The average molecular weight is 393 g/mol. The van der Waals surface area contributed by atoms with Crippen molar-refractivity contribution in [2.45, 2.75) is 46.5 Å². The van der Waals surface area contributed by atoms with Crippen molar-refractivity contribution >= 4 is 22.8 Å². The predicted molar refractivity (Wildman–Crippen MR) is 114 cm³/mol. The van der Waals surface area contributed by atoms with Gasteiger partial charge in [0.1, 0.15) is 11.6 Å². The number of aryl methyl sites for hydroxylation is 2. The third kappa shape index (κ3) is 4.09. The van der Waals surface area contributed by atoms with Gasteiger partial charge in [0.05, 0.1) is 16.8 Å². The van der Waals surface area contributed by atoms with Crippen LogP contribution in [0.2, 0.25) is 0 Å². The summed E-state index contributed by atoms with van der Waals surface area (Å²) < 4.78 is 1.89. The summed E-state index contributed by atoms with van der Waals surface area (Å²) in [5, 5.41) is 12.0. The van der Waals surface area contributed by atoms with E-state index in [1.807, 2.05) is 11.6 Å². The molecule has 1 aromatic carbocycles. The van der Waals surface area contributed by atoms with Crippen molar-refractivity contribution in [3.63, 3.8) is 0 Å². The van der Waals surface area contributed by atoms with Crippen LogP contribution in [0.3, 0.4) is 0 Å². The zero-order valence-electron chi connectivity index (χ0n) is 17.5. The maximum Gasteiger partial charge on any atom is 0.223 e. The van der Waals surface area contributed by atoms with Crippen LogP contribution in [0.15, 0.2) is 24.3 Å². The number of aromatic nitrogens is 4. The molecular weight excluding hydrogens is 364 g/mol. The van der Waals surface area contributed by atoms with Crippen LogP contribution >= 0.6 is 0 Å². The Morgan fingerprint density at radius 3 is 2.52 bits per heavy atom. The Morgan fingerprint density at radius 1 is 1.14 bits per heavy atom. The lowest BCUT2D eigenvalue weighted by Gasteiger charge is -2.12. The second-order valence-corrected chi connectivity index (χ2v) is 8.11. The number of nitrogens with one attached hydrogen (secondary N) is 2. The molecule has 152 valence electrons. The first kappa shape index (κ1) is 19.4. The molecule has 0 unspecified atom stereocenters. The number of anilines is 1. The van der Waals surface area contributed by atoms with Crippen molar-refractivity contribution in [1.29, 1.82) is 0 Å². The van der Waals surface area contributed by atoms with Gasteiger partial charge >= 0.3 is 0 Å². The lowest BCUT2D eigenvalue weighted by atomic mass is 10.2. The Hall–Kier alpha value is -2.96. The summed E-state index contributed by atoms with van der Waals surface area (Å²) in [4.78, 5) is 21.4.